The fourth-order valence-corrected chi connectivity index (χ4v) is 2.41. The maximum Gasteiger partial charge on any atom is 0.162 e. The van der Waals surface area contributed by atoms with Crippen LogP contribution in [-0.2, 0) is 10.3 Å². The molecular formula is C15H16BrClN2O. The second-order valence-electron chi connectivity index (χ2n) is 4.66. The summed E-state index contributed by atoms with van der Waals surface area (Å²) < 4.78 is 6.26. The lowest BCUT2D eigenvalue weighted by atomic mass is 10.0. The highest BCUT2D eigenvalue weighted by Gasteiger charge is 2.29. The molecule has 5 heteroatoms. The first-order chi connectivity index (χ1) is 9.51. The van der Waals surface area contributed by atoms with Crippen molar-refractivity contribution in [3.63, 3.8) is 0 Å². The lowest BCUT2D eigenvalue weighted by Crippen LogP contribution is -2.26. The minimum atomic E-state index is -0.548. The van der Waals surface area contributed by atoms with Gasteiger partial charge in [0, 0.05) is 12.7 Å². The predicted molar refractivity (Wildman–Crippen MR) is 84.8 cm³/mol. The van der Waals surface area contributed by atoms with Crippen LogP contribution in [0, 0.1) is 0 Å². The van der Waals surface area contributed by atoms with Crippen molar-refractivity contribution in [3.8, 4) is 11.3 Å². The average Bonchev–Trinajstić information content (AvgIpc) is 2.50. The standard InChI is InChI=1S/C15H16BrClN2O/c1-4-15(2,20-3)14-18-12(11(16)13(17)19-14)10-8-6-5-7-9-10/h5-9H,4H2,1-3H3. The van der Waals surface area contributed by atoms with Gasteiger partial charge in [0.1, 0.15) is 10.8 Å². The molecule has 0 N–H and O–H groups in total. The van der Waals surface area contributed by atoms with Crippen LogP contribution in [0.3, 0.4) is 0 Å². The van der Waals surface area contributed by atoms with Crippen LogP contribution in [0.15, 0.2) is 34.8 Å². The highest BCUT2D eigenvalue weighted by Crippen LogP contribution is 2.35. The summed E-state index contributed by atoms with van der Waals surface area (Å²) in [5, 5.41) is 0.394. The molecule has 0 bridgehead atoms. The van der Waals surface area contributed by atoms with Crippen LogP contribution in [0.25, 0.3) is 11.3 Å². The number of rotatable bonds is 4. The number of halogens is 2. The van der Waals surface area contributed by atoms with E-state index in [0.717, 1.165) is 17.7 Å². The minimum absolute atomic E-state index is 0.394. The molecular weight excluding hydrogens is 340 g/mol. The highest BCUT2D eigenvalue weighted by molar-refractivity contribution is 9.10. The molecule has 2 rings (SSSR count). The van der Waals surface area contributed by atoms with E-state index in [9.17, 15) is 0 Å². The number of methoxy groups -OCH3 is 1. The molecule has 0 radical (unpaired) electrons. The quantitative estimate of drug-likeness (QED) is 0.737. The zero-order chi connectivity index (χ0) is 14.8. The van der Waals surface area contributed by atoms with E-state index in [1.54, 1.807) is 7.11 Å². The number of hydrogen-bond donors (Lipinski definition) is 0. The van der Waals surface area contributed by atoms with Gasteiger partial charge in [-0.3, -0.25) is 0 Å². The van der Waals surface area contributed by atoms with E-state index in [4.69, 9.17) is 16.3 Å². The van der Waals surface area contributed by atoms with E-state index >= 15 is 0 Å². The molecule has 0 amide bonds. The van der Waals surface area contributed by atoms with E-state index in [2.05, 4.69) is 25.9 Å². The molecule has 0 aliphatic heterocycles. The van der Waals surface area contributed by atoms with Crippen molar-refractivity contribution in [2.24, 2.45) is 0 Å². The monoisotopic (exact) mass is 354 g/mol. The SMILES string of the molecule is CCC(C)(OC)c1nc(Cl)c(Br)c(-c2ccccc2)n1. The fraction of sp³-hybridized carbons (Fsp3) is 0.333. The first-order valence-corrected chi connectivity index (χ1v) is 7.53. The van der Waals surface area contributed by atoms with Crippen LogP contribution in [0.1, 0.15) is 26.1 Å². The van der Waals surface area contributed by atoms with Crippen LogP contribution >= 0.6 is 27.5 Å². The Morgan fingerprint density at radius 3 is 2.45 bits per heavy atom. The van der Waals surface area contributed by atoms with E-state index in [0.29, 0.717) is 15.5 Å². The number of ether oxygens (including phenoxy) is 1. The van der Waals surface area contributed by atoms with Crippen LogP contribution in [0.4, 0.5) is 0 Å². The summed E-state index contributed by atoms with van der Waals surface area (Å²) in [4.78, 5) is 9.00. The van der Waals surface area contributed by atoms with Crippen molar-refractivity contribution in [1.29, 1.82) is 0 Å². The van der Waals surface area contributed by atoms with Gasteiger partial charge in [0.15, 0.2) is 5.82 Å². The lowest BCUT2D eigenvalue weighted by molar-refractivity contribution is -0.00890. The Hall–Kier alpha value is -0.970. The normalized spacial score (nSPS) is 14.1. The van der Waals surface area contributed by atoms with Crippen molar-refractivity contribution < 1.29 is 4.74 Å². The van der Waals surface area contributed by atoms with Crippen LogP contribution in [-0.4, -0.2) is 17.1 Å². The van der Waals surface area contributed by atoms with Crippen molar-refractivity contribution in [3.05, 3.63) is 45.8 Å². The molecule has 0 saturated heterocycles. The molecule has 0 fully saturated rings. The summed E-state index contributed by atoms with van der Waals surface area (Å²) in [6.45, 7) is 3.99. The lowest BCUT2D eigenvalue weighted by Gasteiger charge is -2.25. The second kappa shape index (κ2) is 6.20. The summed E-state index contributed by atoms with van der Waals surface area (Å²) >= 11 is 9.70. The molecule has 1 heterocycles. The molecule has 1 atom stereocenters. The third kappa shape index (κ3) is 2.87. The molecule has 3 nitrogen and oxygen atoms in total. The largest absolute Gasteiger partial charge is 0.371 e. The van der Waals surface area contributed by atoms with Crippen molar-refractivity contribution in [1.82, 2.24) is 9.97 Å². The first-order valence-electron chi connectivity index (χ1n) is 6.36. The van der Waals surface area contributed by atoms with Gasteiger partial charge in [-0.2, -0.15) is 0 Å². The van der Waals surface area contributed by atoms with Crippen LogP contribution < -0.4 is 0 Å². The highest BCUT2D eigenvalue weighted by atomic mass is 79.9. The van der Waals surface area contributed by atoms with Crippen LogP contribution in [0.2, 0.25) is 5.15 Å². The summed E-state index contributed by atoms with van der Waals surface area (Å²) in [5.41, 5.74) is 1.21. The molecule has 1 unspecified atom stereocenters. The average molecular weight is 356 g/mol. The van der Waals surface area contributed by atoms with E-state index in [-0.39, 0.29) is 0 Å². The Balaban J connectivity index is 2.62. The zero-order valence-corrected chi connectivity index (χ0v) is 14.0. The minimum Gasteiger partial charge on any atom is -0.371 e. The first kappa shape index (κ1) is 15.4. The maximum atomic E-state index is 6.24. The Morgan fingerprint density at radius 1 is 1.25 bits per heavy atom. The Kier molecular flexibility index (Phi) is 4.78. The van der Waals surface area contributed by atoms with Gasteiger partial charge in [0.2, 0.25) is 0 Å². The van der Waals surface area contributed by atoms with Gasteiger partial charge in [-0.25, -0.2) is 9.97 Å². The second-order valence-corrected chi connectivity index (χ2v) is 5.81. The molecule has 0 saturated carbocycles. The Labute approximate surface area is 132 Å². The third-order valence-corrected chi connectivity index (χ3v) is 4.71. The van der Waals surface area contributed by atoms with Gasteiger partial charge >= 0.3 is 0 Å². The Morgan fingerprint density at radius 2 is 1.90 bits per heavy atom. The van der Waals surface area contributed by atoms with E-state index in [1.807, 2.05) is 44.2 Å². The smallest absolute Gasteiger partial charge is 0.162 e. The van der Waals surface area contributed by atoms with Gasteiger partial charge in [0.05, 0.1) is 10.2 Å². The van der Waals surface area contributed by atoms with E-state index in [1.165, 1.54) is 0 Å². The topological polar surface area (TPSA) is 35.0 Å². The van der Waals surface area contributed by atoms with Gasteiger partial charge < -0.3 is 4.74 Å². The van der Waals surface area contributed by atoms with Gasteiger partial charge in [-0.1, -0.05) is 48.9 Å². The van der Waals surface area contributed by atoms with Crippen molar-refractivity contribution in [2.45, 2.75) is 25.9 Å². The predicted octanol–water partition coefficient (Wildman–Crippen LogP) is 4.83. The number of hydrogen-bond acceptors (Lipinski definition) is 3. The number of benzene rings is 1. The van der Waals surface area contributed by atoms with Gasteiger partial charge in [-0.15, -0.1) is 0 Å². The molecule has 1 aromatic carbocycles. The van der Waals surface area contributed by atoms with E-state index < -0.39 is 5.60 Å². The third-order valence-electron chi connectivity index (χ3n) is 3.46. The fourth-order valence-electron chi connectivity index (χ4n) is 1.84. The van der Waals surface area contributed by atoms with Crippen molar-refractivity contribution >= 4 is 27.5 Å². The Bertz CT molecular complexity index is 600. The number of aromatic nitrogens is 2. The summed E-state index contributed by atoms with van der Waals surface area (Å²) in [6.07, 6.45) is 0.760. The summed E-state index contributed by atoms with van der Waals surface area (Å²) in [5.74, 6) is 0.592. The number of nitrogens with zero attached hydrogens (tertiary/aromatic N) is 2. The maximum absolute atomic E-state index is 6.24. The molecule has 0 spiro atoms. The zero-order valence-electron chi connectivity index (χ0n) is 11.7. The summed E-state index contributed by atoms with van der Waals surface area (Å²) in [6, 6.07) is 9.87. The molecule has 0 aliphatic rings. The molecule has 1 aromatic heterocycles. The van der Waals surface area contributed by atoms with Gasteiger partial charge in [0.25, 0.3) is 0 Å². The van der Waals surface area contributed by atoms with Gasteiger partial charge in [-0.05, 0) is 29.3 Å². The molecule has 0 aliphatic carbocycles. The van der Waals surface area contributed by atoms with Crippen molar-refractivity contribution in [2.75, 3.05) is 7.11 Å². The summed E-state index contributed by atoms with van der Waals surface area (Å²) in [7, 11) is 1.66. The van der Waals surface area contributed by atoms with Crippen LogP contribution in [0.5, 0.6) is 0 Å². The molecule has 106 valence electrons. The molecule has 20 heavy (non-hydrogen) atoms. The molecule has 2 aromatic rings.